The van der Waals surface area contributed by atoms with Crippen LogP contribution in [0.5, 0.6) is 0 Å². The van der Waals surface area contributed by atoms with Crippen molar-refractivity contribution < 1.29 is 0 Å². The average Bonchev–Trinajstić information content (AvgIpc) is 2.43. The Labute approximate surface area is 155 Å². The number of hydrogen-bond donors (Lipinski definition) is 0. The molecule has 0 heterocycles. The summed E-state index contributed by atoms with van der Waals surface area (Å²) in [5.41, 5.74) is 1.90. The molecule has 0 aromatic heterocycles. The van der Waals surface area contributed by atoms with Crippen molar-refractivity contribution in [3.8, 4) is 0 Å². The predicted molar refractivity (Wildman–Crippen MR) is 102 cm³/mol. The molecule has 0 aliphatic heterocycles. The van der Waals surface area contributed by atoms with Gasteiger partial charge in [-0.25, -0.2) is 4.99 Å². The molecule has 0 atom stereocenters. The minimum absolute atomic E-state index is 0.423. The second-order valence-electron chi connectivity index (χ2n) is 4.93. The summed E-state index contributed by atoms with van der Waals surface area (Å²) in [4.78, 5) is 10.4. The Kier molecular flexibility index (Phi) is 6.31. The van der Waals surface area contributed by atoms with Gasteiger partial charge < -0.3 is 4.90 Å². The van der Waals surface area contributed by atoms with E-state index in [1.807, 2.05) is 14.1 Å². The number of aliphatic imine (C=N–C) groups is 2. The normalized spacial score (nSPS) is 11.6. The van der Waals surface area contributed by atoms with Crippen LogP contribution in [0.25, 0.3) is 0 Å². The van der Waals surface area contributed by atoms with Crippen LogP contribution in [0.15, 0.2) is 40.3 Å². The van der Waals surface area contributed by atoms with Crippen LogP contribution in [-0.2, 0) is 0 Å². The monoisotopic (exact) mass is 387 g/mol. The summed E-state index contributed by atoms with van der Waals surface area (Å²) in [6, 6.07) is 8.56. The van der Waals surface area contributed by atoms with Gasteiger partial charge in [0, 0.05) is 30.4 Å². The molecule has 2 rings (SSSR count). The lowest BCUT2D eigenvalue weighted by molar-refractivity contribution is 0.643. The highest BCUT2D eigenvalue weighted by atomic mass is 35.5. The number of benzene rings is 2. The molecule has 0 radical (unpaired) electrons. The van der Waals surface area contributed by atoms with Gasteiger partial charge in [0.25, 0.3) is 0 Å². The molecule has 0 saturated carbocycles. The van der Waals surface area contributed by atoms with Crippen molar-refractivity contribution in [2.75, 3.05) is 14.1 Å². The van der Waals surface area contributed by atoms with E-state index in [0.29, 0.717) is 31.5 Å². The molecule has 2 aromatic carbocycles. The molecule has 3 nitrogen and oxygen atoms in total. The van der Waals surface area contributed by atoms with Crippen LogP contribution < -0.4 is 0 Å². The SMILES string of the molecule is CN(C)C=Nc1c(Cl)cc(N=Cc2cc(Cl)cc(Cl)c2)cc1Cl. The summed E-state index contributed by atoms with van der Waals surface area (Å²) < 4.78 is 0. The summed E-state index contributed by atoms with van der Waals surface area (Å²) >= 11 is 24.3. The lowest BCUT2D eigenvalue weighted by Crippen LogP contribution is -2.07. The Morgan fingerprint density at radius 3 is 1.91 bits per heavy atom. The van der Waals surface area contributed by atoms with Crippen LogP contribution in [0.1, 0.15) is 5.56 Å². The Morgan fingerprint density at radius 2 is 1.39 bits per heavy atom. The second kappa shape index (κ2) is 8.02. The van der Waals surface area contributed by atoms with Crippen molar-refractivity contribution >= 4 is 70.3 Å². The number of hydrogen-bond acceptors (Lipinski definition) is 2. The number of halogens is 4. The fraction of sp³-hybridized carbons (Fsp3) is 0.125. The molecule has 0 aliphatic carbocycles. The molecular formula is C16H13Cl4N3. The lowest BCUT2D eigenvalue weighted by atomic mass is 10.2. The molecule has 0 saturated heterocycles. The molecule has 0 fully saturated rings. The standard InChI is InChI=1S/C16H13Cl4N3/c1-23(2)9-22-16-14(19)6-13(7-15(16)20)21-8-10-3-11(17)5-12(18)4-10/h3-9H,1-2H3. The molecule has 0 spiro atoms. The maximum Gasteiger partial charge on any atom is 0.102 e. The van der Waals surface area contributed by atoms with Crippen molar-refractivity contribution in [3.05, 3.63) is 56.0 Å². The Bertz CT molecular complexity index is 727. The van der Waals surface area contributed by atoms with Crippen molar-refractivity contribution in [1.82, 2.24) is 4.90 Å². The zero-order valence-corrected chi connectivity index (χ0v) is 15.4. The molecule has 0 aliphatic rings. The zero-order chi connectivity index (χ0) is 17.0. The van der Waals surface area contributed by atoms with Gasteiger partial charge in [0.1, 0.15) is 5.69 Å². The third kappa shape index (κ3) is 5.40. The first-order valence-corrected chi connectivity index (χ1v) is 8.06. The molecule has 7 heteroatoms. The minimum Gasteiger partial charge on any atom is -0.369 e. The van der Waals surface area contributed by atoms with Crippen LogP contribution in [0.4, 0.5) is 11.4 Å². The smallest absolute Gasteiger partial charge is 0.102 e. The van der Waals surface area contributed by atoms with Gasteiger partial charge in [-0.1, -0.05) is 46.4 Å². The molecule has 23 heavy (non-hydrogen) atoms. The molecule has 0 N–H and O–H groups in total. The first-order chi connectivity index (χ1) is 10.8. The van der Waals surface area contributed by atoms with Crippen molar-refractivity contribution in [2.45, 2.75) is 0 Å². The topological polar surface area (TPSA) is 28.0 Å². The van der Waals surface area contributed by atoms with Crippen LogP contribution >= 0.6 is 46.4 Å². The average molecular weight is 389 g/mol. The molecule has 0 bridgehead atoms. The van der Waals surface area contributed by atoms with E-state index >= 15 is 0 Å². The van der Waals surface area contributed by atoms with Gasteiger partial charge in [-0.3, -0.25) is 4.99 Å². The van der Waals surface area contributed by atoms with Gasteiger partial charge in [-0.2, -0.15) is 0 Å². The highest BCUT2D eigenvalue weighted by Crippen LogP contribution is 2.37. The largest absolute Gasteiger partial charge is 0.369 e. The maximum atomic E-state index is 6.22. The van der Waals surface area contributed by atoms with E-state index < -0.39 is 0 Å². The maximum absolute atomic E-state index is 6.22. The Balaban J connectivity index is 2.29. The van der Waals surface area contributed by atoms with Crippen molar-refractivity contribution in [2.24, 2.45) is 9.98 Å². The summed E-state index contributed by atoms with van der Waals surface area (Å²) in [5.74, 6) is 0. The first-order valence-electron chi connectivity index (χ1n) is 6.55. The van der Waals surface area contributed by atoms with Crippen LogP contribution in [0.3, 0.4) is 0 Å². The van der Waals surface area contributed by atoms with Crippen LogP contribution in [0, 0.1) is 0 Å². The zero-order valence-electron chi connectivity index (χ0n) is 12.4. The third-order valence-electron chi connectivity index (χ3n) is 2.67. The van der Waals surface area contributed by atoms with Crippen molar-refractivity contribution in [1.29, 1.82) is 0 Å². The van der Waals surface area contributed by atoms with E-state index in [1.54, 1.807) is 47.8 Å². The quantitative estimate of drug-likeness (QED) is 0.447. The van der Waals surface area contributed by atoms with E-state index in [0.717, 1.165) is 5.56 Å². The third-order valence-corrected chi connectivity index (χ3v) is 3.68. The molecular weight excluding hydrogens is 376 g/mol. The Morgan fingerprint density at radius 1 is 0.826 bits per heavy atom. The summed E-state index contributed by atoms with van der Waals surface area (Å²) in [6.07, 6.45) is 3.27. The Hall–Kier alpha value is -1.26. The molecule has 2 aromatic rings. The van der Waals surface area contributed by atoms with Crippen LogP contribution in [-0.4, -0.2) is 31.5 Å². The fourth-order valence-electron chi connectivity index (χ4n) is 1.72. The molecule has 0 unspecified atom stereocenters. The molecule has 120 valence electrons. The van der Waals surface area contributed by atoms with Gasteiger partial charge >= 0.3 is 0 Å². The lowest BCUT2D eigenvalue weighted by Gasteiger charge is -2.06. The molecule has 0 amide bonds. The van der Waals surface area contributed by atoms with Crippen LogP contribution in [0.2, 0.25) is 20.1 Å². The van der Waals surface area contributed by atoms with E-state index in [4.69, 9.17) is 46.4 Å². The van der Waals surface area contributed by atoms with Crippen molar-refractivity contribution in [3.63, 3.8) is 0 Å². The van der Waals surface area contributed by atoms with Gasteiger partial charge in [-0.15, -0.1) is 0 Å². The highest BCUT2D eigenvalue weighted by Gasteiger charge is 2.07. The highest BCUT2D eigenvalue weighted by molar-refractivity contribution is 6.39. The predicted octanol–water partition coefficient (Wildman–Crippen LogP) is 6.27. The van der Waals surface area contributed by atoms with Gasteiger partial charge in [0.05, 0.1) is 22.1 Å². The number of nitrogens with zero attached hydrogens (tertiary/aromatic N) is 3. The van der Waals surface area contributed by atoms with E-state index in [1.165, 1.54) is 0 Å². The minimum atomic E-state index is 0.423. The van der Waals surface area contributed by atoms with E-state index in [9.17, 15) is 0 Å². The first kappa shape index (κ1) is 18.1. The summed E-state index contributed by atoms with van der Waals surface area (Å²) in [5, 5.41) is 1.94. The van der Waals surface area contributed by atoms with Gasteiger partial charge in [0.2, 0.25) is 0 Å². The summed E-state index contributed by atoms with van der Waals surface area (Å²) in [6.45, 7) is 0. The van der Waals surface area contributed by atoms with E-state index in [-0.39, 0.29) is 0 Å². The summed E-state index contributed by atoms with van der Waals surface area (Å²) in [7, 11) is 3.72. The van der Waals surface area contributed by atoms with Gasteiger partial charge in [-0.05, 0) is 35.9 Å². The number of rotatable bonds is 4. The second-order valence-corrected chi connectivity index (χ2v) is 6.61. The fourth-order valence-corrected chi connectivity index (χ4v) is 2.84. The van der Waals surface area contributed by atoms with Gasteiger partial charge in [0.15, 0.2) is 0 Å². The van der Waals surface area contributed by atoms with E-state index in [2.05, 4.69) is 9.98 Å².